The van der Waals surface area contributed by atoms with Crippen LogP contribution in [-0.4, -0.2) is 245 Å². The predicted octanol–water partition coefficient (Wildman–Crippen LogP) is -2.99. The summed E-state index contributed by atoms with van der Waals surface area (Å²) in [6.07, 6.45) is -3.97. The Morgan fingerprint density at radius 2 is 0.821 bits per heavy atom. The van der Waals surface area contributed by atoms with Gasteiger partial charge in [-0.3, -0.25) is 86.9 Å². The number of hydrogen-bond donors (Lipinski definition) is 24. The van der Waals surface area contributed by atoms with Crippen LogP contribution in [0.2, 0.25) is 0 Å². The van der Waals surface area contributed by atoms with Gasteiger partial charge in [0.05, 0.1) is 25.3 Å². The Labute approximate surface area is 709 Å². The monoisotopic (exact) mass is 1730 g/mol. The van der Waals surface area contributed by atoms with Crippen LogP contribution in [0.25, 0.3) is 10.9 Å². The van der Waals surface area contributed by atoms with Gasteiger partial charge in [-0.1, -0.05) is 111 Å². The van der Waals surface area contributed by atoms with E-state index in [2.05, 4.69) is 74.1 Å². The maximum atomic E-state index is 14.8. The molecule has 0 spiro atoms. The number of rotatable bonds is 54. The number of aromatic nitrogens is 1. The molecule has 0 aliphatic heterocycles. The van der Waals surface area contributed by atoms with E-state index < -0.39 is 242 Å². The van der Waals surface area contributed by atoms with Crippen LogP contribution in [0.5, 0.6) is 5.75 Å². The van der Waals surface area contributed by atoms with Gasteiger partial charge in [0.25, 0.3) is 0 Å². The van der Waals surface area contributed by atoms with Gasteiger partial charge in [0, 0.05) is 62.2 Å². The third kappa shape index (κ3) is 34.9. The quantitative estimate of drug-likeness (QED) is 0.0105. The number of carboxylic acids is 5. The smallest absolute Gasteiger partial charge is 0.326 e. The fraction of sp³-hybridized carbons (Fsp3) is 0.438. The number of carbonyl (C=O) groups excluding carboxylic acids is 13. The Balaban J connectivity index is 1.42. The summed E-state index contributed by atoms with van der Waals surface area (Å²) in [5.74, 6) is -23.9. The average molecular weight is 1740 g/mol. The van der Waals surface area contributed by atoms with E-state index in [9.17, 15) is 117 Å². The van der Waals surface area contributed by atoms with Crippen molar-refractivity contribution < 1.29 is 117 Å². The SMILES string of the molecule is CC[C@H](C)[C@H](NC(=O)[C@H](Cc1ccc(O)cc1)NC(=O)[C@H](CC(=O)O)NC(=O)[C@H](Cc1ccccc1)NC(=O)[C@H](CC(=O)O)NC(=O)[C@H](CCCNC(=N)N)NC(=O)[C@H](Cc1ccccc1)NC(=O)[C@H](CCSC)NC(=O)[C@H](CCC(=O)O)NC(=O)[C@@H](N)CCC(N)=O)C(=O)N[C@@H](C)C(=O)N[C@@H](CC(=O)O)C(=O)N[C@@H](Cc1c[nH]c2ccccc12)C(=O)O. The molecule has 1 heterocycles. The van der Waals surface area contributed by atoms with Crippen molar-refractivity contribution in [2.75, 3.05) is 18.6 Å². The van der Waals surface area contributed by atoms with Gasteiger partial charge < -0.3 is 122 Å². The number of amides is 13. The Morgan fingerprint density at radius 1 is 0.423 bits per heavy atom. The second-order valence-corrected chi connectivity index (χ2v) is 30.0. The first-order chi connectivity index (χ1) is 58.2. The molecule has 4 aromatic carbocycles. The second kappa shape index (κ2) is 50.4. The number of thioether (sulfide) groups is 1. The van der Waals surface area contributed by atoms with Crippen molar-refractivity contribution in [1.82, 2.24) is 74.1 Å². The minimum Gasteiger partial charge on any atom is -0.508 e. The molecule has 123 heavy (non-hydrogen) atoms. The molecule has 42 nitrogen and oxygen atoms in total. The molecule has 5 rings (SSSR count). The first-order valence-electron chi connectivity index (χ1n) is 39.0. The lowest BCUT2D eigenvalue weighted by Crippen LogP contribution is -2.62. The normalized spacial score (nSPS) is 14.4. The minimum absolute atomic E-state index is 0.0903. The zero-order chi connectivity index (χ0) is 91.2. The number of aromatic amines is 1. The van der Waals surface area contributed by atoms with Gasteiger partial charge >= 0.3 is 29.8 Å². The van der Waals surface area contributed by atoms with Gasteiger partial charge in [-0.05, 0) is 97.4 Å². The Bertz CT molecular complexity index is 4560. The largest absolute Gasteiger partial charge is 0.508 e. The summed E-state index contributed by atoms with van der Waals surface area (Å²) in [6, 6.07) is 5.12. The molecular formula is C80H106N18O24S. The number of aromatic hydroxyl groups is 1. The zero-order valence-electron chi connectivity index (χ0n) is 67.7. The highest BCUT2D eigenvalue weighted by Gasteiger charge is 2.40. The van der Waals surface area contributed by atoms with Gasteiger partial charge in [0.15, 0.2) is 5.96 Å². The fourth-order valence-corrected chi connectivity index (χ4v) is 12.9. The number of primary amides is 1. The number of aliphatic carboxylic acids is 5. The van der Waals surface area contributed by atoms with Crippen molar-refractivity contribution in [3.05, 3.63) is 138 Å². The summed E-state index contributed by atoms with van der Waals surface area (Å²) in [6.45, 7) is 4.18. The lowest BCUT2D eigenvalue weighted by molar-refractivity contribution is -0.144. The van der Waals surface area contributed by atoms with Crippen LogP contribution in [0.4, 0.5) is 0 Å². The van der Waals surface area contributed by atoms with Crippen molar-refractivity contribution in [1.29, 1.82) is 5.41 Å². The van der Waals surface area contributed by atoms with Crippen LogP contribution in [-0.2, 0) is 112 Å². The third-order valence-corrected chi connectivity index (χ3v) is 20.0. The van der Waals surface area contributed by atoms with Gasteiger partial charge in [-0.25, -0.2) is 4.79 Å². The highest BCUT2D eigenvalue weighted by molar-refractivity contribution is 7.98. The van der Waals surface area contributed by atoms with E-state index in [4.69, 9.17) is 22.6 Å². The van der Waals surface area contributed by atoms with Gasteiger partial charge in [0.1, 0.15) is 78.3 Å². The lowest BCUT2D eigenvalue weighted by Gasteiger charge is -2.29. The summed E-state index contributed by atoms with van der Waals surface area (Å²) in [4.78, 5) is 248. The van der Waals surface area contributed by atoms with Crippen molar-refractivity contribution in [3.63, 3.8) is 0 Å². The first-order valence-corrected chi connectivity index (χ1v) is 40.4. The zero-order valence-corrected chi connectivity index (χ0v) is 68.6. The molecule has 0 saturated carbocycles. The molecule has 5 aromatic rings. The number of para-hydroxylation sites is 1. The first kappa shape index (κ1) is 99.8. The summed E-state index contributed by atoms with van der Waals surface area (Å²) < 4.78 is 0. The molecule has 43 heteroatoms. The number of phenols is 1. The van der Waals surface area contributed by atoms with Crippen molar-refractivity contribution in [2.45, 2.75) is 196 Å². The van der Waals surface area contributed by atoms with Crippen LogP contribution in [0, 0.1) is 11.3 Å². The molecule has 0 aliphatic carbocycles. The van der Waals surface area contributed by atoms with E-state index in [1.54, 1.807) is 73.8 Å². The molecule has 13 amide bonds. The van der Waals surface area contributed by atoms with Gasteiger partial charge in [-0.2, -0.15) is 11.8 Å². The second-order valence-electron chi connectivity index (χ2n) is 29.0. The van der Waals surface area contributed by atoms with Crippen LogP contribution < -0.4 is 86.3 Å². The van der Waals surface area contributed by atoms with Crippen molar-refractivity contribution in [3.8, 4) is 5.75 Å². The van der Waals surface area contributed by atoms with Gasteiger partial charge in [0.2, 0.25) is 76.8 Å². The van der Waals surface area contributed by atoms with E-state index in [-0.39, 0.29) is 75.0 Å². The number of nitrogens with one attached hydrogen (secondary N) is 15. The van der Waals surface area contributed by atoms with Crippen molar-refractivity contribution in [2.24, 2.45) is 23.1 Å². The summed E-state index contributed by atoms with van der Waals surface area (Å²) in [5, 5.41) is 99.8. The summed E-state index contributed by atoms with van der Waals surface area (Å²) >= 11 is 1.24. The number of nitrogens with two attached hydrogens (primary N) is 3. The summed E-state index contributed by atoms with van der Waals surface area (Å²) in [5.41, 5.74) is 18.8. The van der Waals surface area contributed by atoms with E-state index in [0.717, 1.165) is 6.92 Å². The maximum Gasteiger partial charge on any atom is 0.326 e. The Morgan fingerprint density at radius 3 is 1.27 bits per heavy atom. The number of fused-ring (bicyclic) bond motifs is 1. The standard InChI is InChI=1S/C80H106N18O24S/c1-5-41(2)66(78(120)87-42(3)67(109)91-57(37-63(103)104)76(118)97-60(79(121)122)36-46-40-86-50-20-13-12-19-48(46)50)98-77(119)56(35-45-22-24-47(99)25-23-45)94-75(117)59(39-65(107)108)96-73(115)55(34-44-17-10-7-11-18-44)93-74(116)58(38-64(105)106)95-69(111)51(21-14-31-85-80(83)84)89-72(114)54(33-43-15-8-6-9-16-43)92-71(113)53(30-32-123-4)90-70(112)52(27-29-62(101)102)88-68(110)49(81)26-28-61(82)100/h6-13,15-20,22-25,40-42,49,51-60,66,86,99H,5,14,21,26-39,81H2,1-4H3,(H2,82,100)(H,87,120)(H,88,110)(H,89,114)(H,90,112)(H,91,109)(H,92,113)(H,93,116)(H,94,117)(H,95,111)(H,96,115)(H,97,118)(H,98,119)(H,101,102)(H,103,104)(H,105,106)(H,107,108)(H,121,122)(H4,83,84,85)/t41-,42-,49-,51-,52-,53-,54-,55-,56-,57-,58-,59-,60-,66-/m0/s1. The highest BCUT2D eigenvalue weighted by Crippen LogP contribution is 2.21. The van der Waals surface area contributed by atoms with Crippen LogP contribution in [0.15, 0.2) is 115 Å². The minimum atomic E-state index is -2.16. The maximum absolute atomic E-state index is 14.8. The molecule has 0 saturated heterocycles. The van der Waals surface area contributed by atoms with E-state index in [0.29, 0.717) is 27.6 Å². The van der Waals surface area contributed by atoms with E-state index in [1.165, 1.54) is 73.4 Å². The number of benzene rings is 4. The molecule has 14 atom stereocenters. The highest BCUT2D eigenvalue weighted by atomic mass is 32.2. The molecule has 1 aromatic heterocycles. The topological polar surface area (TPSA) is 703 Å². The number of guanidine groups is 1. The molecule has 0 fully saturated rings. The number of phenolic OH excluding ortho intramolecular Hbond substituents is 1. The number of H-pyrrole nitrogens is 1. The van der Waals surface area contributed by atoms with Crippen molar-refractivity contribution >= 4 is 135 Å². The molecule has 27 N–H and O–H groups in total. The van der Waals surface area contributed by atoms with E-state index >= 15 is 0 Å². The number of carboxylic acid groups (broad SMARTS) is 5. The number of carbonyl (C=O) groups is 18. The fourth-order valence-electron chi connectivity index (χ4n) is 12.4. The third-order valence-electron chi connectivity index (χ3n) is 19.3. The lowest BCUT2D eigenvalue weighted by atomic mass is 9.96. The summed E-state index contributed by atoms with van der Waals surface area (Å²) in [7, 11) is 0. The Hall–Kier alpha value is -13.7. The van der Waals surface area contributed by atoms with E-state index in [1.807, 2.05) is 0 Å². The molecule has 0 bridgehead atoms. The van der Waals surface area contributed by atoms with Crippen LogP contribution in [0.3, 0.4) is 0 Å². The predicted molar refractivity (Wildman–Crippen MR) is 442 cm³/mol. The number of hydrogen-bond acceptors (Lipinski definition) is 22. The average Bonchev–Trinajstić information content (AvgIpc) is 1.69. The van der Waals surface area contributed by atoms with Gasteiger partial charge in [-0.15, -0.1) is 0 Å². The van der Waals surface area contributed by atoms with Crippen LogP contribution >= 0.6 is 11.8 Å². The molecule has 0 radical (unpaired) electrons. The molecule has 0 aliphatic rings. The van der Waals surface area contributed by atoms with Crippen LogP contribution in [0.1, 0.15) is 114 Å². The molecular weight excluding hydrogens is 1630 g/mol. The molecule has 0 unspecified atom stereocenters. The molecule has 666 valence electrons. The Kier molecular flexibility index (Phi) is 40.9.